The molecule has 1 aromatic heterocycles. The quantitative estimate of drug-likeness (QED) is 0.506. The fraction of sp³-hybridized carbons (Fsp3) is 0.429. The Morgan fingerprint density at radius 2 is 1.56 bits per heavy atom. The first-order chi connectivity index (χ1) is 16.2. The summed E-state index contributed by atoms with van der Waals surface area (Å²) in [6, 6.07) is 12.4. The van der Waals surface area contributed by atoms with Crippen LogP contribution in [-0.4, -0.2) is 23.4 Å². The van der Waals surface area contributed by atoms with Crippen molar-refractivity contribution in [1.29, 1.82) is 0 Å². The molecular weight excluding hydrogens is 426 g/mol. The lowest BCUT2D eigenvalue weighted by Crippen LogP contribution is -2.41. The van der Waals surface area contributed by atoms with E-state index in [0.717, 1.165) is 22.5 Å². The van der Waals surface area contributed by atoms with Gasteiger partial charge in [-0.15, -0.1) is 0 Å². The number of nitrogens with zero attached hydrogens (tertiary/aromatic N) is 3. The maximum absolute atomic E-state index is 13.5. The highest BCUT2D eigenvalue weighted by Crippen LogP contribution is 2.41. The summed E-state index contributed by atoms with van der Waals surface area (Å²) in [5.74, 6) is 2.15. The second kappa shape index (κ2) is 9.16. The van der Waals surface area contributed by atoms with Crippen LogP contribution in [0.25, 0.3) is 11.3 Å². The highest BCUT2D eigenvalue weighted by atomic mass is 16.5. The molecule has 1 unspecified atom stereocenters. The van der Waals surface area contributed by atoms with E-state index in [1.165, 1.54) is 11.1 Å². The van der Waals surface area contributed by atoms with Crippen molar-refractivity contribution in [3.8, 4) is 22.8 Å². The van der Waals surface area contributed by atoms with Crippen molar-refractivity contribution >= 4 is 5.69 Å². The molecule has 0 spiro atoms. The van der Waals surface area contributed by atoms with Gasteiger partial charge in [0.15, 0.2) is 11.5 Å². The van der Waals surface area contributed by atoms with Crippen LogP contribution in [0, 0.1) is 0 Å². The van der Waals surface area contributed by atoms with Gasteiger partial charge in [0, 0.05) is 31.1 Å². The predicted molar refractivity (Wildman–Crippen MR) is 136 cm³/mol. The van der Waals surface area contributed by atoms with Crippen LogP contribution >= 0.6 is 0 Å². The van der Waals surface area contributed by atoms with E-state index in [9.17, 15) is 4.79 Å². The summed E-state index contributed by atoms with van der Waals surface area (Å²) in [7, 11) is 5.08. The van der Waals surface area contributed by atoms with Crippen LogP contribution in [0.1, 0.15) is 69.1 Å². The Labute approximate surface area is 201 Å². The Kier molecular flexibility index (Phi) is 6.43. The van der Waals surface area contributed by atoms with E-state index in [-0.39, 0.29) is 11.6 Å². The number of fused-ring (bicyclic) bond motifs is 3. The normalized spacial score (nSPS) is 15.5. The second-order valence-electron chi connectivity index (χ2n) is 9.74. The van der Waals surface area contributed by atoms with Gasteiger partial charge in [0.25, 0.3) is 0 Å². The average molecular weight is 462 g/mol. The smallest absolute Gasteiger partial charge is 0.329 e. The Morgan fingerprint density at radius 3 is 2.12 bits per heavy atom. The standard InChI is InChI=1S/C28H35N3O3/c1-16(2)19-10-9-11-20(17(3)4)27(19)29-26-14-23-22-13-25(34-8)24(33-7)12-21(22)18(5)15-31(23)28(32)30(26)6/h9-14,16-18H,15H2,1-8H3/b29-26-. The van der Waals surface area contributed by atoms with Crippen molar-refractivity contribution in [3.63, 3.8) is 0 Å². The monoisotopic (exact) mass is 461 g/mol. The molecule has 6 nitrogen and oxygen atoms in total. The van der Waals surface area contributed by atoms with Crippen LogP contribution in [0.4, 0.5) is 5.69 Å². The van der Waals surface area contributed by atoms with Gasteiger partial charge in [0.05, 0.1) is 25.6 Å². The van der Waals surface area contributed by atoms with Gasteiger partial charge in [-0.1, -0.05) is 52.8 Å². The number of methoxy groups -OCH3 is 2. The Hall–Kier alpha value is -3.28. The topological polar surface area (TPSA) is 57.8 Å². The number of hydrogen-bond acceptors (Lipinski definition) is 4. The van der Waals surface area contributed by atoms with Crippen molar-refractivity contribution < 1.29 is 9.47 Å². The van der Waals surface area contributed by atoms with Crippen LogP contribution < -0.4 is 20.7 Å². The largest absolute Gasteiger partial charge is 0.493 e. The van der Waals surface area contributed by atoms with Crippen LogP contribution in [0.3, 0.4) is 0 Å². The van der Waals surface area contributed by atoms with E-state index in [4.69, 9.17) is 14.5 Å². The molecule has 0 aliphatic carbocycles. The molecule has 180 valence electrons. The van der Waals surface area contributed by atoms with Crippen molar-refractivity contribution in [2.75, 3.05) is 14.2 Å². The summed E-state index contributed by atoms with van der Waals surface area (Å²) >= 11 is 0. The summed E-state index contributed by atoms with van der Waals surface area (Å²) in [6.45, 7) is 11.4. The van der Waals surface area contributed by atoms with Crippen molar-refractivity contribution in [1.82, 2.24) is 9.13 Å². The molecule has 3 aromatic rings. The summed E-state index contributed by atoms with van der Waals surface area (Å²) < 4.78 is 14.6. The number of ether oxygens (including phenoxy) is 2. The zero-order chi connectivity index (χ0) is 24.7. The summed E-state index contributed by atoms with van der Waals surface area (Å²) in [6.07, 6.45) is 0. The number of rotatable bonds is 5. The molecule has 0 N–H and O–H groups in total. The molecule has 0 saturated carbocycles. The minimum absolute atomic E-state index is 0.0725. The van der Waals surface area contributed by atoms with E-state index in [2.05, 4.69) is 52.8 Å². The van der Waals surface area contributed by atoms with Gasteiger partial charge in [0.2, 0.25) is 0 Å². The molecule has 0 amide bonds. The molecule has 1 atom stereocenters. The Balaban J connectivity index is 2.05. The maximum Gasteiger partial charge on any atom is 0.329 e. The predicted octanol–water partition coefficient (Wildman–Crippen LogP) is 5.47. The fourth-order valence-electron chi connectivity index (χ4n) is 4.84. The molecule has 4 rings (SSSR count). The first-order valence-corrected chi connectivity index (χ1v) is 11.9. The molecule has 0 radical (unpaired) electrons. The van der Waals surface area contributed by atoms with Crippen LogP contribution in [0.5, 0.6) is 11.5 Å². The van der Waals surface area contributed by atoms with Gasteiger partial charge >= 0.3 is 5.69 Å². The number of hydrogen-bond donors (Lipinski definition) is 0. The van der Waals surface area contributed by atoms with E-state index in [0.29, 0.717) is 35.4 Å². The van der Waals surface area contributed by atoms with Gasteiger partial charge in [-0.05, 0) is 40.7 Å². The van der Waals surface area contributed by atoms with Crippen LogP contribution in [0.2, 0.25) is 0 Å². The minimum atomic E-state index is -0.0725. The van der Waals surface area contributed by atoms with E-state index < -0.39 is 0 Å². The Bertz CT molecular complexity index is 1340. The zero-order valence-corrected chi connectivity index (χ0v) is 21.5. The minimum Gasteiger partial charge on any atom is -0.493 e. The van der Waals surface area contributed by atoms with E-state index >= 15 is 0 Å². The van der Waals surface area contributed by atoms with Crippen molar-refractivity contribution in [2.24, 2.45) is 12.0 Å². The molecule has 6 heteroatoms. The van der Waals surface area contributed by atoms with Crippen LogP contribution in [0.15, 0.2) is 46.2 Å². The first-order valence-electron chi connectivity index (χ1n) is 11.9. The fourth-order valence-corrected chi connectivity index (χ4v) is 4.84. The van der Waals surface area contributed by atoms with E-state index in [1.807, 2.05) is 22.8 Å². The second-order valence-corrected chi connectivity index (χ2v) is 9.74. The highest BCUT2D eigenvalue weighted by Gasteiger charge is 2.26. The summed E-state index contributed by atoms with van der Waals surface area (Å²) in [4.78, 5) is 18.6. The summed E-state index contributed by atoms with van der Waals surface area (Å²) in [5.41, 5.74) is 6.87. The zero-order valence-electron chi connectivity index (χ0n) is 21.5. The molecule has 1 aliphatic rings. The molecular formula is C28H35N3O3. The molecule has 34 heavy (non-hydrogen) atoms. The first kappa shape index (κ1) is 23.9. The van der Waals surface area contributed by atoms with Gasteiger partial charge in [-0.25, -0.2) is 9.79 Å². The van der Waals surface area contributed by atoms with Gasteiger partial charge in [0.1, 0.15) is 5.49 Å². The highest BCUT2D eigenvalue weighted by molar-refractivity contribution is 5.71. The van der Waals surface area contributed by atoms with Gasteiger partial charge < -0.3 is 9.47 Å². The van der Waals surface area contributed by atoms with Crippen LogP contribution in [-0.2, 0) is 13.6 Å². The Morgan fingerprint density at radius 1 is 0.971 bits per heavy atom. The average Bonchev–Trinajstić information content (AvgIpc) is 2.82. The number of para-hydroxylation sites is 1. The van der Waals surface area contributed by atoms with Gasteiger partial charge in [-0.3, -0.25) is 9.13 Å². The SMILES string of the molecule is COc1cc2c(cc1OC)C(C)Cn1c-2c/c(=N/c2c(C(C)C)cccc2C(C)C)n(C)c1=O. The summed E-state index contributed by atoms with van der Waals surface area (Å²) in [5, 5.41) is 0. The lowest BCUT2D eigenvalue weighted by atomic mass is 9.89. The third kappa shape index (κ3) is 3.95. The third-order valence-corrected chi connectivity index (χ3v) is 6.81. The van der Waals surface area contributed by atoms with Crippen molar-refractivity contribution in [2.45, 2.75) is 58.9 Å². The molecule has 0 saturated heterocycles. The third-order valence-electron chi connectivity index (χ3n) is 6.81. The molecule has 0 bridgehead atoms. The molecule has 0 fully saturated rings. The molecule has 2 aromatic carbocycles. The molecule has 1 aliphatic heterocycles. The lowest BCUT2D eigenvalue weighted by Gasteiger charge is -2.28. The van der Waals surface area contributed by atoms with Crippen molar-refractivity contribution in [3.05, 3.63) is 69.1 Å². The number of benzene rings is 2. The molecule has 2 heterocycles. The van der Waals surface area contributed by atoms with Gasteiger partial charge in [-0.2, -0.15) is 0 Å². The lowest BCUT2D eigenvalue weighted by molar-refractivity contribution is 0.354. The maximum atomic E-state index is 13.5. The van der Waals surface area contributed by atoms with E-state index in [1.54, 1.807) is 25.8 Å². The number of aromatic nitrogens is 2.